The van der Waals surface area contributed by atoms with Gasteiger partial charge in [-0.15, -0.1) is 0 Å². The summed E-state index contributed by atoms with van der Waals surface area (Å²) >= 11 is 0. The Morgan fingerprint density at radius 2 is 1.77 bits per heavy atom. The Kier molecular flexibility index (Phi) is 5.19. The first-order valence-electron chi connectivity index (χ1n) is 9.43. The molecule has 2 N–H and O–H groups in total. The van der Waals surface area contributed by atoms with Gasteiger partial charge in [-0.3, -0.25) is 14.4 Å². The van der Waals surface area contributed by atoms with Gasteiger partial charge >= 0.3 is 0 Å². The molecule has 0 radical (unpaired) electrons. The van der Waals surface area contributed by atoms with Gasteiger partial charge in [0.2, 0.25) is 11.8 Å². The van der Waals surface area contributed by atoms with E-state index in [1.165, 1.54) is 4.90 Å². The highest BCUT2D eigenvalue weighted by Crippen LogP contribution is 2.24. The number of benzene rings is 2. The lowest BCUT2D eigenvalue weighted by Gasteiger charge is -2.34. The molecule has 0 unspecified atom stereocenters. The predicted molar refractivity (Wildman–Crippen MR) is 99.8 cm³/mol. The van der Waals surface area contributed by atoms with Gasteiger partial charge in [0.05, 0.1) is 5.56 Å². The van der Waals surface area contributed by atoms with E-state index < -0.39 is 47.0 Å². The smallest absolute Gasteiger partial charge is 0.254 e. The predicted octanol–water partition coefficient (Wildman–Crippen LogP) is 1.54. The summed E-state index contributed by atoms with van der Waals surface area (Å²) in [4.78, 5) is 39.0. The molecule has 2 fully saturated rings. The average molecular weight is 417 g/mol. The van der Waals surface area contributed by atoms with Gasteiger partial charge in [0.25, 0.3) is 5.91 Å². The van der Waals surface area contributed by atoms with Crippen molar-refractivity contribution >= 4 is 17.7 Å². The Balaban J connectivity index is 1.45. The van der Waals surface area contributed by atoms with Crippen molar-refractivity contribution in [1.82, 2.24) is 15.5 Å². The molecule has 2 aliphatic heterocycles. The largest absolute Gasteiger partial charge is 0.347 e. The van der Waals surface area contributed by atoms with E-state index >= 15 is 0 Å². The number of piperazine rings is 1. The molecule has 0 saturated carbocycles. The minimum Gasteiger partial charge on any atom is -0.347 e. The van der Waals surface area contributed by atoms with Crippen molar-refractivity contribution in [3.8, 4) is 0 Å². The number of carbonyl (C=O) groups excluding carboxylic acids is 3. The van der Waals surface area contributed by atoms with Crippen LogP contribution in [-0.2, 0) is 16.0 Å². The third kappa shape index (κ3) is 3.74. The highest BCUT2D eigenvalue weighted by atomic mass is 19.2. The van der Waals surface area contributed by atoms with E-state index in [2.05, 4.69) is 10.6 Å². The Labute approximate surface area is 170 Å². The first kappa shape index (κ1) is 19.9. The van der Waals surface area contributed by atoms with Crippen molar-refractivity contribution in [1.29, 1.82) is 0 Å². The second-order valence-electron chi connectivity index (χ2n) is 7.41. The van der Waals surface area contributed by atoms with Gasteiger partial charge in [-0.2, -0.15) is 0 Å². The van der Waals surface area contributed by atoms with Gasteiger partial charge in [-0.25, -0.2) is 13.2 Å². The summed E-state index contributed by atoms with van der Waals surface area (Å²) in [6, 6.07) is 7.94. The van der Waals surface area contributed by atoms with E-state index in [9.17, 15) is 27.6 Å². The molecule has 0 bridgehead atoms. The standard InChI is InChI=1S/C21H18F3N3O3/c22-14-9-16(24)15(23)8-13(14)19(28)25-12-7-18-20(29)26-17(21(30)27(18)10-12)6-11-4-2-1-3-5-11/h1-5,8-9,12,17-18H,6-7,10H2,(H,25,28)(H,26,29)/t12-,17+,18-/m0/s1. The molecule has 2 aromatic rings. The maximum absolute atomic E-state index is 13.8. The fourth-order valence-corrected chi connectivity index (χ4v) is 3.91. The molecule has 0 aliphatic carbocycles. The summed E-state index contributed by atoms with van der Waals surface area (Å²) in [5, 5.41) is 5.22. The molecule has 156 valence electrons. The van der Waals surface area contributed by atoms with Crippen molar-refractivity contribution in [2.75, 3.05) is 6.54 Å². The maximum Gasteiger partial charge on any atom is 0.254 e. The van der Waals surface area contributed by atoms with Crippen LogP contribution in [0.15, 0.2) is 42.5 Å². The number of hydrogen-bond acceptors (Lipinski definition) is 3. The maximum atomic E-state index is 13.8. The highest BCUT2D eigenvalue weighted by Gasteiger charge is 2.46. The van der Waals surface area contributed by atoms with Crippen LogP contribution in [-0.4, -0.2) is 47.3 Å². The first-order chi connectivity index (χ1) is 14.3. The van der Waals surface area contributed by atoms with Crippen LogP contribution in [0.3, 0.4) is 0 Å². The van der Waals surface area contributed by atoms with Crippen LogP contribution in [0.1, 0.15) is 22.3 Å². The van der Waals surface area contributed by atoms with Crippen LogP contribution < -0.4 is 10.6 Å². The van der Waals surface area contributed by atoms with Crippen molar-refractivity contribution in [2.45, 2.75) is 31.0 Å². The normalized spacial score (nSPS) is 23.2. The molecule has 2 saturated heterocycles. The molecule has 30 heavy (non-hydrogen) atoms. The zero-order valence-corrected chi connectivity index (χ0v) is 15.7. The van der Waals surface area contributed by atoms with Gasteiger partial charge < -0.3 is 15.5 Å². The minimum atomic E-state index is -1.39. The van der Waals surface area contributed by atoms with Crippen LogP contribution in [0.5, 0.6) is 0 Å². The van der Waals surface area contributed by atoms with E-state index in [4.69, 9.17) is 0 Å². The van der Waals surface area contributed by atoms with E-state index in [-0.39, 0.29) is 24.8 Å². The SMILES string of the molecule is O=C(N[C@H]1C[C@H]2C(=O)N[C@H](Cc3ccccc3)C(=O)N2C1)c1cc(F)c(F)cc1F. The summed E-state index contributed by atoms with van der Waals surface area (Å²) in [5.74, 6) is -5.47. The lowest BCUT2D eigenvalue weighted by atomic mass is 10.0. The molecule has 9 heteroatoms. The van der Waals surface area contributed by atoms with Crippen LogP contribution in [0, 0.1) is 17.5 Å². The molecule has 3 atom stereocenters. The summed E-state index contributed by atoms with van der Waals surface area (Å²) in [5.41, 5.74) is 0.254. The number of amides is 3. The highest BCUT2D eigenvalue weighted by molar-refractivity contribution is 5.98. The third-order valence-corrected chi connectivity index (χ3v) is 5.37. The molecule has 0 spiro atoms. The number of hydrogen-bond donors (Lipinski definition) is 2. The topological polar surface area (TPSA) is 78.5 Å². The van der Waals surface area contributed by atoms with Crippen molar-refractivity contribution in [3.05, 3.63) is 71.0 Å². The molecule has 3 amide bonds. The zero-order valence-electron chi connectivity index (χ0n) is 15.7. The van der Waals surface area contributed by atoms with Crippen LogP contribution in [0.2, 0.25) is 0 Å². The molecular weight excluding hydrogens is 399 g/mol. The summed E-state index contributed by atoms with van der Waals surface area (Å²) in [6.45, 7) is 0.0687. The number of carbonyl (C=O) groups is 3. The molecule has 4 rings (SSSR count). The van der Waals surface area contributed by atoms with E-state index in [1.54, 1.807) is 0 Å². The van der Waals surface area contributed by atoms with Gasteiger partial charge in [0.1, 0.15) is 17.9 Å². The number of nitrogens with one attached hydrogen (secondary N) is 2. The van der Waals surface area contributed by atoms with E-state index in [0.29, 0.717) is 18.6 Å². The first-order valence-corrected chi connectivity index (χ1v) is 9.43. The van der Waals surface area contributed by atoms with Gasteiger partial charge in [0.15, 0.2) is 11.6 Å². The second kappa shape index (κ2) is 7.81. The van der Waals surface area contributed by atoms with E-state index in [0.717, 1.165) is 5.56 Å². The van der Waals surface area contributed by atoms with Crippen LogP contribution >= 0.6 is 0 Å². The van der Waals surface area contributed by atoms with Gasteiger partial charge in [-0.1, -0.05) is 30.3 Å². The third-order valence-electron chi connectivity index (χ3n) is 5.37. The Morgan fingerprint density at radius 1 is 1.07 bits per heavy atom. The fourth-order valence-electron chi connectivity index (χ4n) is 3.91. The van der Waals surface area contributed by atoms with Crippen molar-refractivity contribution < 1.29 is 27.6 Å². The molecule has 2 aromatic carbocycles. The van der Waals surface area contributed by atoms with Crippen LogP contribution in [0.25, 0.3) is 0 Å². The number of halogens is 3. The number of rotatable bonds is 4. The molecular formula is C21H18F3N3O3. The lowest BCUT2D eigenvalue weighted by Crippen LogP contribution is -2.61. The molecule has 0 aromatic heterocycles. The monoisotopic (exact) mass is 417 g/mol. The minimum absolute atomic E-state index is 0.0687. The zero-order chi connectivity index (χ0) is 21.4. The number of nitrogens with zero attached hydrogens (tertiary/aromatic N) is 1. The Hall–Kier alpha value is -3.36. The molecule has 2 aliphatic rings. The van der Waals surface area contributed by atoms with Gasteiger partial charge in [-0.05, 0) is 18.1 Å². The van der Waals surface area contributed by atoms with Gasteiger partial charge in [0, 0.05) is 25.1 Å². The molecule has 2 heterocycles. The van der Waals surface area contributed by atoms with Crippen molar-refractivity contribution in [2.24, 2.45) is 0 Å². The molecule has 6 nitrogen and oxygen atoms in total. The fraction of sp³-hybridized carbons (Fsp3) is 0.286. The van der Waals surface area contributed by atoms with Crippen molar-refractivity contribution in [3.63, 3.8) is 0 Å². The van der Waals surface area contributed by atoms with Crippen LogP contribution in [0.4, 0.5) is 13.2 Å². The second-order valence-corrected chi connectivity index (χ2v) is 7.41. The average Bonchev–Trinajstić information content (AvgIpc) is 3.14. The summed E-state index contributed by atoms with van der Waals surface area (Å²) in [7, 11) is 0. The summed E-state index contributed by atoms with van der Waals surface area (Å²) in [6.07, 6.45) is 0.485. The quantitative estimate of drug-likeness (QED) is 0.741. The summed E-state index contributed by atoms with van der Waals surface area (Å²) < 4.78 is 40.3. The van der Waals surface area contributed by atoms with E-state index in [1.807, 2.05) is 30.3 Å². The number of fused-ring (bicyclic) bond motifs is 1. The Morgan fingerprint density at radius 3 is 2.50 bits per heavy atom. The lowest BCUT2D eigenvalue weighted by molar-refractivity contribution is -0.147. The Bertz CT molecular complexity index is 1020.